The molecule has 2 rings (SSSR count). The van der Waals surface area contributed by atoms with Gasteiger partial charge in [-0.1, -0.05) is 0 Å². The highest BCUT2D eigenvalue weighted by Crippen LogP contribution is 2.28. The van der Waals surface area contributed by atoms with Gasteiger partial charge in [0.15, 0.2) is 0 Å². The molecule has 0 aliphatic carbocycles. The van der Waals surface area contributed by atoms with Gasteiger partial charge in [0.2, 0.25) is 10.0 Å². The zero-order chi connectivity index (χ0) is 16.2. The molecule has 1 aliphatic heterocycles. The van der Waals surface area contributed by atoms with Crippen molar-refractivity contribution in [3.63, 3.8) is 0 Å². The van der Waals surface area contributed by atoms with Gasteiger partial charge in [0.1, 0.15) is 16.4 Å². The number of nitrogens with zero attached hydrogens (tertiary/aromatic N) is 1. The lowest BCUT2D eigenvalue weighted by Crippen LogP contribution is -2.45. The Bertz CT molecular complexity index is 605. The van der Waals surface area contributed by atoms with Gasteiger partial charge in [-0.25, -0.2) is 13.1 Å². The summed E-state index contributed by atoms with van der Waals surface area (Å²) in [7, 11) is 1.19. The van der Waals surface area contributed by atoms with E-state index in [9.17, 15) is 8.42 Å². The van der Waals surface area contributed by atoms with Crippen molar-refractivity contribution < 1.29 is 22.6 Å². The van der Waals surface area contributed by atoms with E-state index < -0.39 is 10.0 Å². The Hall–Kier alpha value is -1.35. The molecular weight excluding hydrogens is 308 g/mol. The molecular formula is C14H22N2O5S. The third-order valence-corrected chi connectivity index (χ3v) is 4.95. The number of rotatable bonds is 6. The van der Waals surface area contributed by atoms with Crippen LogP contribution in [-0.2, 0) is 14.8 Å². The van der Waals surface area contributed by atoms with Crippen molar-refractivity contribution >= 4 is 10.0 Å². The smallest absolute Gasteiger partial charge is 0.244 e. The fourth-order valence-electron chi connectivity index (χ4n) is 2.26. The Morgan fingerprint density at radius 2 is 2.14 bits per heavy atom. The first kappa shape index (κ1) is 17.0. The maximum absolute atomic E-state index is 12.5. The van der Waals surface area contributed by atoms with Crippen LogP contribution >= 0.6 is 0 Å². The van der Waals surface area contributed by atoms with Crippen LogP contribution in [0.2, 0.25) is 0 Å². The summed E-state index contributed by atoms with van der Waals surface area (Å²) in [5.41, 5.74) is 0. The van der Waals surface area contributed by atoms with Crippen LogP contribution in [-0.4, -0.2) is 66.9 Å². The van der Waals surface area contributed by atoms with Crippen molar-refractivity contribution in [1.82, 2.24) is 9.62 Å². The van der Waals surface area contributed by atoms with Gasteiger partial charge in [0.05, 0.1) is 26.9 Å². The van der Waals surface area contributed by atoms with Crippen LogP contribution in [0.5, 0.6) is 11.5 Å². The molecule has 1 N–H and O–H groups in total. The predicted molar refractivity (Wildman–Crippen MR) is 82.0 cm³/mol. The highest BCUT2D eigenvalue weighted by atomic mass is 32.2. The van der Waals surface area contributed by atoms with E-state index in [0.717, 1.165) is 6.54 Å². The number of benzene rings is 1. The van der Waals surface area contributed by atoms with Crippen LogP contribution in [0.1, 0.15) is 0 Å². The van der Waals surface area contributed by atoms with Crippen molar-refractivity contribution in [3.05, 3.63) is 18.2 Å². The Morgan fingerprint density at radius 1 is 1.36 bits per heavy atom. The number of nitrogens with one attached hydrogen (secondary N) is 1. The van der Waals surface area contributed by atoms with Crippen molar-refractivity contribution in [1.29, 1.82) is 0 Å². The van der Waals surface area contributed by atoms with Gasteiger partial charge in [-0.15, -0.1) is 0 Å². The fourth-order valence-corrected chi connectivity index (χ4v) is 3.51. The Balaban J connectivity index is 2.12. The number of sulfonamides is 1. The lowest BCUT2D eigenvalue weighted by atomic mass is 10.3. The first-order valence-electron chi connectivity index (χ1n) is 6.98. The Kier molecular flexibility index (Phi) is 5.63. The van der Waals surface area contributed by atoms with Crippen LogP contribution < -0.4 is 14.2 Å². The molecule has 8 heteroatoms. The fraction of sp³-hybridized carbons (Fsp3) is 0.571. The molecule has 0 saturated carbocycles. The second-order valence-corrected chi connectivity index (χ2v) is 6.86. The summed E-state index contributed by atoms with van der Waals surface area (Å²) in [5.74, 6) is 0.727. The third-order valence-electron chi connectivity index (χ3n) is 3.50. The molecule has 1 aliphatic rings. The van der Waals surface area contributed by atoms with Gasteiger partial charge >= 0.3 is 0 Å². The average molecular weight is 330 g/mol. The first-order valence-corrected chi connectivity index (χ1v) is 8.46. The van der Waals surface area contributed by atoms with Crippen LogP contribution in [0.3, 0.4) is 0 Å². The topological polar surface area (TPSA) is 77.1 Å². The van der Waals surface area contributed by atoms with Crippen molar-refractivity contribution in [2.24, 2.45) is 0 Å². The standard InChI is InChI=1S/C14H22N2O5S/c1-16-6-7-21-12(10-16)9-15-22(17,18)14-8-11(19-2)4-5-13(14)20-3/h4-5,8,12,15H,6-7,9-10H2,1-3H3. The molecule has 1 atom stereocenters. The SMILES string of the molecule is COc1ccc(OC)c(S(=O)(=O)NCC2CN(C)CCO2)c1. The minimum atomic E-state index is -3.71. The molecule has 1 heterocycles. The van der Waals surface area contributed by atoms with Gasteiger partial charge < -0.3 is 19.1 Å². The summed E-state index contributed by atoms with van der Waals surface area (Å²) in [6, 6.07) is 4.66. The summed E-state index contributed by atoms with van der Waals surface area (Å²) in [4.78, 5) is 2.16. The zero-order valence-electron chi connectivity index (χ0n) is 13.0. The molecule has 1 aromatic rings. The van der Waals surface area contributed by atoms with E-state index in [2.05, 4.69) is 9.62 Å². The largest absolute Gasteiger partial charge is 0.497 e. The minimum Gasteiger partial charge on any atom is -0.497 e. The molecule has 22 heavy (non-hydrogen) atoms. The van der Waals surface area contributed by atoms with E-state index in [1.54, 1.807) is 12.1 Å². The maximum Gasteiger partial charge on any atom is 0.244 e. The molecule has 0 amide bonds. The van der Waals surface area contributed by atoms with Gasteiger partial charge in [-0.3, -0.25) is 0 Å². The van der Waals surface area contributed by atoms with Crippen LogP contribution in [0.15, 0.2) is 23.1 Å². The zero-order valence-corrected chi connectivity index (χ0v) is 13.9. The normalized spacial score (nSPS) is 19.9. The highest BCUT2D eigenvalue weighted by Gasteiger charge is 2.24. The summed E-state index contributed by atoms with van der Waals surface area (Å²) >= 11 is 0. The van der Waals surface area contributed by atoms with Crippen LogP contribution in [0.25, 0.3) is 0 Å². The number of ether oxygens (including phenoxy) is 3. The number of methoxy groups -OCH3 is 2. The number of likely N-dealkylation sites (N-methyl/N-ethyl adjacent to an activating group) is 1. The number of morpholine rings is 1. The first-order chi connectivity index (χ1) is 10.5. The maximum atomic E-state index is 12.5. The molecule has 0 aromatic heterocycles. The predicted octanol–water partition coefficient (Wildman–Crippen LogP) is 0.313. The Morgan fingerprint density at radius 3 is 2.77 bits per heavy atom. The summed E-state index contributed by atoms with van der Waals surface area (Å²) in [5, 5.41) is 0. The lowest BCUT2D eigenvalue weighted by Gasteiger charge is -2.30. The number of hydrogen-bond acceptors (Lipinski definition) is 6. The van der Waals surface area contributed by atoms with Crippen molar-refractivity contribution in [3.8, 4) is 11.5 Å². The molecule has 1 fully saturated rings. The van der Waals surface area contributed by atoms with Crippen LogP contribution in [0, 0.1) is 0 Å². The average Bonchev–Trinajstić information content (AvgIpc) is 2.52. The van der Waals surface area contributed by atoms with Gasteiger partial charge in [0.25, 0.3) is 0 Å². The van der Waals surface area contributed by atoms with E-state index in [1.165, 1.54) is 20.3 Å². The second kappa shape index (κ2) is 7.28. The summed E-state index contributed by atoms with van der Waals surface area (Å²) in [6.45, 7) is 2.36. The van der Waals surface area contributed by atoms with Gasteiger partial charge in [-0.2, -0.15) is 0 Å². The van der Waals surface area contributed by atoms with E-state index >= 15 is 0 Å². The van der Waals surface area contributed by atoms with Gasteiger partial charge in [-0.05, 0) is 19.2 Å². The van der Waals surface area contributed by atoms with Crippen LogP contribution in [0.4, 0.5) is 0 Å². The molecule has 0 radical (unpaired) electrons. The molecule has 0 bridgehead atoms. The molecule has 1 saturated heterocycles. The van der Waals surface area contributed by atoms with E-state index in [1.807, 2.05) is 7.05 Å². The molecule has 0 spiro atoms. The number of hydrogen-bond donors (Lipinski definition) is 1. The lowest BCUT2D eigenvalue weighted by molar-refractivity contribution is -0.0156. The quantitative estimate of drug-likeness (QED) is 0.809. The van der Waals surface area contributed by atoms with E-state index in [-0.39, 0.29) is 23.3 Å². The third kappa shape index (κ3) is 4.10. The monoisotopic (exact) mass is 330 g/mol. The second-order valence-electron chi connectivity index (χ2n) is 5.12. The van der Waals surface area contributed by atoms with Crippen molar-refractivity contribution in [2.45, 2.75) is 11.0 Å². The Labute approximate surface area is 131 Å². The molecule has 124 valence electrons. The summed E-state index contributed by atoms with van der Waals surface area (Å²) < 4.78 is 43.3. The molecule has 1 aromatic carbocycles. The minimum absolute atomic E-state index is 0.0542. The molecule has 1 unspecified atom stereocenters. The highest BCUT2D eigenvalue weighted by molar-refractivity contribution is 7.89. The van der Waals surface area contributed by atoms with Gasteiger partial charge in [0, 0.05) is 25.7 Å². The van der Waals surface area contributed by atoms with E-state index in [4.69, 9.17) is 14.2 Å². The summed E-state index contributed by atoms with van der Waals surface area (Å²) in [6.07, 6.45) is -0.162. The van der Waals surface area contributed by atoms with Crippen molar-refractivity contribution in [2.75, 3.05) is 47.5 Å². The van der Waals surface area contributed by atoms with E-state index in [0.29, 0.717) is 18.9 Å². The molecule has 7 nitrogen and oxygen atoms in total.